The Hall–Kier alpha value is -2.64. The molecule has 0 saturated carbocycles. The number of ether oxygens (including phenoxy) is 3. The summed E-state index contributed by atoms with van der Waals surface area (Å²) in [5.74, 6) is 1.01. The van der Waals surface area contributed by atoms with Crippen LogP contribution in [0.1, 0.15) is 17.3 Å². The number of thiocarbonyl (C=S) groups is 1. The lowest BCUT2D eigenvalue weighted by molar-refractivity contribution is 0.0977. The number of hydrogen-bond acceptors (Lipinski definition) is 5. The Kier molecular flexibility index (Phi) is 7.85. The quantitative estimate of drug-likeness (QED) is 0.546. The van der Waals surface area contributed by atoms with Gasteiger partial charge in [0.05, 0.1) is 19.4 Å². The molecule has 0 aromatic heterocycles. The van der Waals surface area contributed by atoms with Gasteiger partial charge >= 0.3 is 0 Å². The summed E-state index contributed by atoms with van der Waals surface area (Å²) in [6, 6.07) is 14.1. The number of methoxy groups -OCH3 is 1. The molecular formula is C19H22N2O4S. The van der Waals surface area contributed by atoms with Crippen molar-refractivity contribution < 1.29 is 19.0 Å². The number of carbonyl (C=O) groups excluding carboxylic acids is 1. The molecule has 0 unspecified atom stereocenters. The van der Waals surface area contributed by atoms with Crippen molar-refractivity contribution in [3.05, 3.63) is 54.1 Å². The molecule has 2 N–H and O–H groups in total. The molecule has 7 heteroatoms. The van der Waals surface area contributed by atoms with Crippen LogP contribution in [0.25, 0.3) is 0 Å². The van der Waals surface area contributed by atoms with Gasteiger partial charge < -0.3 is 19.5 Å². The maximum atomic E-state index is 12.3. The van der Waals surface area contributed by atoms with E-state index in [2.05, 4.69) is 10.6 Å². The van der Waals surface area contributed by atoms with Crippen LogP contribution in [-0.4, -0.2) is 38.0 Å². The molecular weight excluding hydrogens is 352 g/mol. The minimum atomic E-state index is -0.307. The van der Waals surface area contributed by atoms with Gasteiger partial charge in [0, 0.05) is 12.2 Å². The molecule has 0 spiro atoms. The molecule has 0 aliphatic rings. The lowest BCUT2D eigenvalue weighted by atomic mass is 10.2. The Morgan fingerprint density at radius 3 is 2.50 bits per heavy atom. The largest absolute Gasteiger partial charge is 0.495 e. The molecule has 26 heavy (non-hydrogen) atoms. The molecule has 0 fully saturated rings. The van der Waals surface area contributed by atoms with E-state index in [1.807, 2.05) is 25.1 Å². The van der Waals surface area contributed by atoms with E-state index in [1.54, 1.807) is 37.4 Å². The highest BCUT2D eigenvalue weighted by Crippen LogP contribution is 2.22. The van der Waals surface area contributed by atoms with Crippen LogP contribution in [-0.2, 0) is 4.74 Å². The summed E-state index contributed by atoms with van der Waals surface area (Å²) >= 11 is 5.19. The van der Waals surface area contributed by atoms with Gasteiger partial charge in [-0.15, -0.1) is 0 Å². The number of para-hydroxylation sites is 2. The summed E-state index contributed by atoms with van der Waals surface area (Å²) in [7, 11) is 1.57. The summed E-state index contributed by atoms with van der Waals surface area (Å²) in [4.78, 5) is 12.3. The van der Waals surface area contributed by atoms with E-state index in [1.165, 1.54) is 0 Å². The van der Waals surface area contributed by atoms with E-state index < -0.39 is 0 Å². The predicted molar refractivity (Wildman–Crippen MR) is 105 cm³/mol. The van der Waals surface area contributed by atoms with Crippen molar-refractivity contribution >= 4 is 28.9 Å². The third kappa shape index (κ3) is 6.02. The Labute approximate surface area is 158 Å². The molecule has 2 aromatic carbocycles. The maximum Gasteiger partial charge on any atom is 0.257 e. The second kappa shape index (κ2) is 10.4. The monoisotopic (exact) mass is 374 g/mol. The summed E-state index contributed by atoms with van der Waals surface area (Å²) < 4.78 is 16.0. The van der Waals surface area contributed by atoms with E-state index in [-0.39, 0.29) is 11.0 Å². The molecule has 0 atom stereocenters. The van der Waals surface area contributed by atoms with E-state index >= 15 is 0 Å². The number of anilines is 1. The molecule has 6 nitrogen and oxygen atoms in total. The van der Waals surface area contributed by atoms with Gasteiger partial charge in [-0.1, -0.05) is 12.1 Å². The van der Waals surface area contributed by atoms with Gasteiger partial charge in [-0.05, 0) is 55.5 Å². The third-order valence-electron chi connectivity index (χ3n) is 3.40. The van der Waals surface area contributed by atoms with Gasteiger partial charge in [0.2, 0.25) is 0 Å². The van der Waals surface area contributed by atoms with Crippen LogP contribution < -0.4 is 20.1 Å². The number of amides is 1. The second-order valence-electron chi connectivity index (χ2n) is 5.18. The van der Waals surface area contributed by atoms with Crippen LogP contribution in [0, 0.1) is 0 Å². The van der Waals surface area contributed by atoms with Crippen LogP contribution in [0.4, 0.5) is 5.69 Å². The number of nitrogens with one attached hydrogen (secondary N) is 2. The van der Waals surface area contributed by atoms with Crippen molar-refractivity contribution in [1.29, 1.82) is 0 Å². The Bertz CT molecular complexity index is 735. The fourth-order valence-corrected chi connectivity index (χ4v) is 2.34. The number of carbonyl (C=O) groups is 1. The standard InChI is InChI=1S/C19H22N2O4S/c1-3-24-12-13-25-15-10-8-14(9-11-15)18(22)21-19(26)20-16-6-4-5-7-17(16)23-2/h4-11H,3,12-13H2,1-2H3,(H2,20,21,22,26). The van der Waals surface area contributed by atoms with E-state index in [0.717, 1.165) is 0 Å². The number of rotatable bonds is 8. The van der Waals surface area contributed by atoms with Crippen molar-refractivity contribution in [3.8, 4) is 11.5 Å². The molecule has 0 saturated heterocycles. The topological polar surface area (TPSA) is 68.8 Å². The fraction of sp³-hybridized carbons (Fsp3) is 0.263. The molecule has 0 aliphatic carbocycles. The molecule has 0 heterocycles. The molecule has 0 radical (unpaired) electrons. The number of hydrogen-bond donors (Lipinski definition) is 2. The highest BCUT2D eigenvalue weighted by atomic mass is 32.1. The summed E-state index contributed by atoms with van der Waals surface area (Å²) in [6.45, 7) is 3.58. The molecule has 1 amide bonds. The van der Waals surface area contributed by atoms with Gasteiger partial charge in [0.25, 0.3) is 5.91 Å². The predicted octanol–water partition coefficient (Wildman–Crippen LogP) is 3.24. The average Bonchev–Trinajstić information content (AvgIpc) is 2.66. The minimum absolute atomic E-state index is 0.191. The first-order valence-corrected chi connectivity index (χ1v) is 8.60. The van der Waals surface area contributed by atoms with Crippen LogP contribution in [0.3, 0.4) is 0 Å². The van der Waals surface area contributed by atoms with Crippen LogP contribution in [0.2, 0.25) is 0 Å². The molecule has 2 aromatic rings. The fourth-order valence-electron chi connectivity index (χ4n) is 2.14. The van der Waals surface area contributed by atoms with Crippen LogP contribution in [0.15, 0.2) is 48.5 Å². The molecule has 138 valence electrons. The van der Waals surface area contributed by atoms with Gasteiger partial charge in [0.15, 0.2) is 5.11 Å². The average molecular weight is 374 g/mol. The molecule has 0 bridgehead atoms. The van der Waals surface area contributed by atoms with Gasteiger partial charge in [-0.25, -0.2) is 0 Å². The van der Waals surface area contributed by atoms with E-state index in [9.17, 15) is 4.79 Å². The highest BCUT2D eigenvalue weighted by Gasteiger charge is 2.10. The summed E-state index contributed by atoms with van der Waals surface area (Å²) in [6.07, 6.45) is 0. The molecule has 2 rings (SSSR count). The minimum Gasteiger partial charge on any atom is -0.495 e. The lowest BCUT2D eigenvalue weighted by Gasteiger charge is -2.12. The van der Waals surface area contributed by atoms with Crippen molar-refractivity contribution in [3.63, 3.8) is 0 Å². The first kappa shape index (κ1) is 19.7. The molecule has 0 aliphatic heterocycles. The van der Waals surface area contributed by atoms with E-state index in [0.29, 0.717) is 42.6 Å². The van der Waals surface area contributed by atoms with Gasteiger partial charge in [-0.3, -0.25) is 10.1 Å². The zero-order valence-electron chi connectivity index (χ0n) is 14.8. The summed E-state index contributed by atoms with van der Waals surface area (Å²) in [5.41, 5.74) is 1.16. The maximum absolute atomic E-state index is 12.3. The van der Waals surface area contributed by atoms with Crippen LogP contribution >= 0.6 is 12.2 Å². The highest BCUT2D eigenvalue weighted by molar-refractivity contribution is 7.80. The first-order chi connectivity index (χ1) is 12.6. The van der Waals surface area contributed by atoms with Crippen molar-refractivity contribution in [2.45, 2.75) is 6.92 Å². The Morgan fingerprint density at radius 2 is 1.81 bits per heavy atom. The lowest BCUT2D eigenvalue weighted by Crippen LogP contribution is -2.34. The third-order valence-corrected chi connectivity index (χ3v) is 3.60. The second-order valence-corrected chi connectivity index (χ2v) is 5.59. The smallest absolute Gasteiger partial charge is 0.257 e. The number of benzene rings is 2. The SMILES string of the molecule is CCOCCOc1ccc(C(=O)NC(=S)Nc2ccccc2OC)cc1. The Balaban J connectivity index is 1.87. The zero-order valence-corrected chi connectivity index (χ0v) is 15.6. The van der Waals surface area contributed by atoms with Gasteiger partial charge in [0.1, 0.15) is 18.1 Å². The van der Waals surface area contributed by atoms with E-state index in [4.69, 9.17) is 26.4 Å². The normalized spacial score (nSPS) is 10.1. The Morgan fingerprint density at radius 1 is 1.08 bits per heavy atom. The van der Waals surface area contributed by atoms with Crippen molar-refractivity contribution in [2.24, 2.45) is 0 Å². The van der Waals surface area contributed by atoms with Crippen molar-refractivity contribution in [2.75, 3.05) is 32.2 Å². The van der Waals surface area contributed by atoms with Crippen LogP contribution in [0.5, 0.6) is 11.5 Å². The zero-order chi connectivity index (χ0) is 18.8. The summed E-state index contributed by atoms with van der Waals surface area (Å²) in [5, 5.41) is 5.78. The first-order valence-electron chi connectivity index (χ1n) is 8.20. The van der Waals surface area contributed by atoms with Gasteiger partial charge in [-0.2, -0.15) is 0 Å². The van der Waals surface area contributed by atoms with Crippen molar-refractivity contribution in [1.82, 2.24) is 5.32 Å².